The topological polar surface area (TPSA) is 18.8 Å². The Morgan fingerprint density at radius 1 is 1.00 bits per heavy atom. The Balaban J connectivity index is 2.91. The average Bonchev–Trinajstić information content (AvgIpc) is 2.74. The van der Waals surface area contributed by atoms with Gasteiger partial charge in [0.2, 0.25) is 8.13 Å². The number of unbranched alkanes of at least 4 members (excludes halogenated alkanes) is 3. The van der Waals surface area contributed by atoms with Gasteiger partial charge in [-0.25, -0.2) is 0 Å². The molecule has 8 heteroatoms. The molecule has 0 amide bonds. The highest BCUT2D eigenvalue weighted by Crippen LogP contribution is 2.51. The highest BCUT2D eigenvalue weighted by Gasteiger charge is 2.57. The van der Waals surface area contributed by atoms with Gasteiger partial charge in [0.25, 0.3) is 0 Å². The van der Waals surface area contributed by atoms with Gasteiger partial charge in [0.1, 0.15) is 6.34 Å². The van der Waals surface area contributed by atoms with Crippen molar-refractivity contribution in [3.63, 3.8) is 0 Å². The highest BCUT2D eigenvalue weighted by atomic mass is 35.6. The molecule has 1 aliphatic rings. The molecule has 0 saturated heterocycles. The summed E-state index contributed by atoms with van der Waals surface area (Å²) in [5.41, 5.74) is 0.0277. The Hall–Kier alpha value is 0.720. The molecular formula is C15H26Cl5N3. The maximum Gasteiger partial charge on any atom is 0.227 e. The van der Waals surface area contributed by atoms with Crippen LogP contribution in [0, 0.1) is 5.41 Å². The highest BCUT2D eigenvalue weighted by molar-refractivity contribution is 6.75. The molecule has 1 unspecified atom stereocenters. The van der Waals surface area contributed by atoms with Crippen molar-refractivity contribution in [1.29, 1.82) is 0 Å². The molecule has 136 valence electrons. The Labute approximate surface area is 165 Å². The van der Waals surface area contributed by atoms with Crippen LogP contribution in [-0.4, -0.2) is 43.6 Å². The Bertz CT molecular complexity index is 401. The second-order valence-corrected chi connectivity index (χ2v) is 10.8. The summed E-state index contributed by atoms with van der Waals surface area (Å²) in [7, 11) is 0. The third-order valence-corrected chi connectivity index (χ3v) is 5.98. The van der Waals surface area contributed by atoms with Crippen LogP contribution in [0.5, 0.6) is 0 Å². The zero-order chi connectivity index (χ0) is 17.9. The van der Waals surface area contributed by atoms with Crippen LogP contribution < -0.4 is 0 Å². The molecule has 1 aliphatic heterocycles. The van der Waals surface area contributed by atoms with Gasteiger partial charge in [-0.15, -0.1) is 0 Å². The van der Waals surface area contributed by atoms with E-state index < -0.39 is 14.3 Å². The van der Waals surface area contributed by atoms with E-state index >= 15 is 0 Å². The number of hydrogen-bond donors (Lipinski definition) is 0. The fourth-order valence-corrected chi connectivity index (χ4v) is 3.30. The molecule has 0 bridgehead atoms. The molecule has 1 heterocycles. The fourth-order valence-electron chi connectivity index (χ4n) is 2.53. The number of alkyl halides is 5. The lowest BCUT2D eigenvalue weighted by atomic mass is 9.96. The maximum absolute atomic E-state index is 6.48. The average molecular weight is 426 g/mol. The normalized spacial score (nSPS) is 19.8. The minimum absolute atomic E-state index is 0.0277. The summed E-state index contributed by atoms with van der Waals surface area (Å²) >= 11 is 31.1. The quantitative estimate of drug-likeness (QED) is 0.365. The third-order valence-electron chi connectivity index (χ3n) is 3.54. The van der Waals surface area contributed by atoms with E-state index in [1.807, 2.05) is 9.91 Å². The second-order valence-electron chi connectivity index (χ2n) is 7.18. The van der Waals surface area contributed by atoms with E-state index in [9.17, 15) is 0 Å². The molecule has 0 N–H and O–H groups in total. The van der Waals surface area contributed by atoms with Gasteiger partial charge in [-0.3, -0.25) is 5.01 Å². The number of hydrogen-bond acceptors (Lipinski definition) is 3. The second kappa shape index (κ2) is 8.40. The zero-order valence-electron chi connectivity index (χ0n) is 14.1. The van der Waals surface area contributed by atoms with E-state index in [0.717, 1.165) is 19.4 Å². The predicted octanol–water partition coefficient (Wildman–Crippen LogP) is 6.04. The first-order chi connectivity index (χ1) is 10.4. The van der Waals surface area contributed by atoms with Crippen LogP contribution in [-0.2, 0) is 0 Å². The number of rotatable bonds is 7. The maximum atomic E-state index is 6.48. The first kappa shape index (κ1) is 21.8. The van der Waals surface area contributed by atoms with Crippen molar-refractivity contribution in [2.45, 2.75) is 67.7 Å². The fraction of sp³-hybridized carbons (Fsp3) is 0.933. The SMILES string of the molecule is CCCCCCN1N=CN(CC(C)(C)C)C1C(Cl)(Cl)C(Cl)(Cl)Cl. The summed E-state index contributed by atoms with van der Waals surface area (Å²) < 4.78 is -3.43. The summed E-state index contributed by atoms with van der Waals surface area (Å²) in [6.45, 7) is 9.98. The zero-order valence-corrected chi connectivity index (χ0v) is 17.9. The van der Waals surface area contributed by atoms with Crippen LogP contribution in [0.2, 0.25) is 0 Å². The van der Waals surface area contributed by atoms with Gasteiger partial charge in [0.15, 0.2) is 6.17 Å². The summed E-state index contributed by atoms with van der Waals surface area (Å²) in [6.07, 6.45) is 5.71. The van der Waals surface area contributed by atoms with Crippen LogP contribution in [0.3, 0.4) is 0 Å². The molecule has 0 fully saturated rings. The van der Waals surface area contributed by atoms with Gasteiger partial charge in [-0.2, -0.15) is 5.10 Å². The lowest BCUT2D eigenvalue weighted by Crippen LogP contribution is -2.58. The number of hydrazone groups is 1. The molecule has 23 heavy (non-hydrogen) atoms. The van der Waals surface area contributed by atoms with E-state index in [-0.39, 0.29) is 5.41 Å². The van der Waals surface area contributed by atoms with Crippen molar-refractivity contribution >= 4 is 64.3 Å². The summed E-state index contributed by atoms with van der Waals surface area (Å²) in [4.78, 5) is 1.96. The minimum Gasteiger partial charge on any atom is -0.336 e. The van der Waals surface area contributed by atoms with Crippen LogP contribution >= 0.6 is 58.0 Å². The third kappa shape index (κ3) is 6.18. The number of nitrogens with zero attached hydrogens (tertiary/aromatic N) is 3. The first-order valence-electron chi connectivity index (χ1n) is 7.91. The molecule has 0 aromatic heterocycles. The molecule has 1 atom stereocenters. The largest absolute Gasteiger partial charge is 0.336 e. The van der Waals surface area contributed by atoms with E-state index in [4.69, 9.17) is 58.0 Å². The summed E-state index contributed by atoms with van der Waals surface area (Å²) in [6, 6.07) is 0. The van der Waals surface area contributed by atoms with E-state index in [1.54, 1.807) is 6.34 Å². The molecule has 0 aromatic rings. The van der Waals surface area contributed by atoms with E-state index in [1.165, 1.54) is 12.8 Å². The first-order valence-corrected chi connectivity index (χ1v) is 9.80. The van der Waals surface area contributed by atoms with Gasteiger partial charge in [0.05, 0.1) is 0 Å². The summed E-state index contributed by atoms with van der Waals surface area (Å²) in [5, 5.41) is 6.29. The van der Waals surface area contributed by atoms with Crippen molar-refractivity contribution < 1.29 is 0 Å². The Kier molecular flexibility index (Phi) is 7.95. The molecule has 0 radical (unpaired) electrons. The van der Waals surface area contributed by atoms with Crippen LogP contribution in [0.15, 0.2) is 5.10 Å². The lowest BCUT2D eigenvalue weighted by molar-refractivity contribution is 0.0924. The monoisotopic (exact) mass is 423 g/mol. The number of halogens is 5. The van der Waals surface area contributed by atoms with Crippen LogP contribution in [0.1, 0.15) is 53.4 Å². The van der Waals surface area contributed by atoms with E-state index in [0.29, 0.717) is 6.54 Å². The van der Waals surface area contributed by atoms with Crippen LogP contribution in [0.25, 0.3) is 0 Å². The molecule has 0 aliphatic carbocycles. The standard InChI is InChI=1S/C15H26Cl5N3/c1-5-6-7-8-9-23-12(14(16,17)15(18,19)20)22(11-21-23)10-13(2,3)4/h11-12H,5-10H2,1-4H3. The van der Waals surface area contributed by atoms with Crippen molar-refractivity contribution in [2.75, 3.05) is 13.1 Å². The van der Waals surface area contributed by atoms with E-state index in [2.05, 4.69) is 32.8 Å². The molecule has 0 saturated carbocycles. The molecule has 0 aromatic carbocycles. The molecule has 1 rings (SSSR count). The van der Waals surface area contributed by atoms with Gasteiger partial charge in [-0.1, -0.05) is 105 Å². The summed E-state index contributed by atoms with van der Waals surface area (Å²) in [5.74, 6) is 0. The molecular weight excluding hydrogens is 399 g/mol. The van der Waals surface area contributed by atoms with Crippen molar-refractivity contribution in [1.82, 2.24) is 9.91 Å². The van der Waals surface area contributed by atoms with Crippen molar-refractivity contribution in [2.24, 2.45) is 10.5 Å². The molecule has 0 spiro atoms. The van der Waals surface area contributed by atoms with Crippen molar-refractivity contribution in [3.05, 3.63) is 0 Å². The van der Waals surface area contributed by atoms with Gasteiger partial charge in [-0.05, 0) is 11.8 Å². The molecule has 3 nitrogen and oxygen atoms in total. The van der Waals surface area contributed by atoms with Gasteiger partial charge >= 0.3 is 0 Å². The van der Waals surface area contributed by atoms with Gasteiger partial charge < -0.3 is 4.90 Å². The smallest absolute Gasteiger partial charge is 0.227 e. The Morgan fingerprint density at radius 2 is 1.61 bits per heavy atom. The van der Waals surface area contributed by atoms with Crippen molar-refractivity contribution in [3.8, 4) is 0 Å². The predicted molar refractivity (Wildman–Crippen MR) is 104 cm³/mol. The van der Waals surface area contributed by atoms with Gasteiger partial charge in [0, 0.05) is 13.1 Å². The lowest BCUT2D eigenvalue weighted by Gasteiger charge is -2.43. The Morgan fingerprint density at radius 3 is 2.09 bits per heavy atom. The van der Waals surface area contributed by atoms with Crippen LogP contribution in [0.4, 0.5) is 0 Å². The minimum atomic E-state index is -1.83.